The number of alkyl halides is 1. The van der Waals surface area contributed by atoms with Crippen LogP contribution in [0.25, 0.3) is 0 Å². The average Bonchev–Trinajstić information content (AvgIpc) is 2.77. The van der Waals surface area contributed by atoms with E-state index >= 15 is 0 Å². The van der Waals surface area contributed by atoms with Crippen molar-refractivity contribution in [2.24, 2.45) is 5.92 Å². The molecule has 2 heterocycles. The van der Waals surface area contributed by atoms with E-state index in [0.717, 1.165) is 49.6 Å². The number of methoxy groups -OCH3 is 2. The second-order valence-electron chi connectivity index (χ2n) is 8.39. The van der Waals surface area contributed by atoms with Gasteiger partial charge in [0.05, 0.1) is 20.9 Å². The van der Waals surface area contributed by atoms with Gasteiger partial charge in [-0.3, -0.25) is 14.1 Å². The number of piperidine rings is 1. The second kappa shape index (κ2) is 15.4. The SMILES string of the molecule is COc1cc2c(cc1OC)[C@@H]1CC(=O)[C@@H](CCCCCCCSCC[19F])CN1CC2.S.S. The Bertz CT molecular complexity index is 707. The molecule has 0 spiro atoms. The van der Waals surface area contributed by atoms with E-state index in [1.54, 1.807) is 26.0 Å². The third-order valence-electron chi connectivity index (χ3n) is 6.48. The van der Waals surface area contributed by atoms with Crippen LogP contribution >= 0.6 is 38.8 Å². The highest BCUT2D eigenvalue weighted by molar-refractivity contribution is 7.99. The first-order valence-corrected chi connectivity index (χ1v) is 12.5. The molecule has 0 N–H and O–H groups in total. The third kappa shape index (κ3) is 7.74. The summed E-state index contributed by atoms with van der Waals surface area (Å²) in [4.78, 5) is 15.4. The zero-order valence-electron chi connectivity index (χ0n) is 19.5. The van der Waals surface area contributed by atoms with Gasteiger partial charge in [0.2, 0.25) is 0 Å². The van der Waals surface area contributed by atoms with Gasteiger partial charge in [-0.05, 0) is 48.3 Å². The maximum Gasteiger partial charge on any atom is 0.161 e. The topological polar surface area (TPSA) is 38.8 Å². The zero-order chi connectivity index (χ0) is 21.3. The summed E-state index contributed by atoms with van der Waals surface area (Å²) in [5, 5.41) is 0. The highest BCUT2D eigenvalue weighted by Crippen LogP contribution is 2.42. The summed E-state index contributed by atoms with van der Waals surface area (Å²) in [6.45, 7) is 1.68. The number of unbranched alkanes of at least 4 members (excludes halogenated alkanes) is 4. The minimum absolute atomic E-state index is 0. The number of carbonyl (C=O) groups excluding carboxylic acids is 1. The van der Waals surface area contributed by atoms with Crippen LogP contribution in [-0.2, 0) is 11.2 Å². The summed E-state index contributed by atoms with van der Waals surface area (Å²) in [5.41, 5.74) is 2.51. The molecule has 1 aromatic rings. The van der Waals surface area contributed by atoms with E-state index in [9.17, 15) is 9.18 Å². The van der Waals surface area contributed by atoms with Gasteiger partial charge in [-0.1, -0.05) is 25.7 Å². The van der Waals surface area contributed by atoms with Gasteiger partial charge in [-0.2, -0.15) is 38.8 Å². The minimum Gasteiger partial charge on any atom is -0.493 e. The van der Waals surface area contributed by atoms with Gasteiger partial charge in [0.25, 0.3) is 0 Å². The number of benzene rings is 1. The standard InChI is InChI=1S/C24H36FNO3S.2H2S/c1-28-23-14-18-9-11-26-17-19(8-6-4-3-5-7-12-30-13-10-25)22(27)16-21(26)20(18)15-24(23)29-2;;/h14-15,19,21H,3-13,16-17H2,1-2H3;2*1H2/t19-,21-;;/m0../s1/i25+0;;. The number of ketones is 1. The van der Waals surface area contributed by atoms with E-state index in [4.69, 9.17) is 9.47 Å². The molecule has 2 atom stereocenters. The van der Waals surface area contributed by atoms with E-state index in [1.165, 1.54) is 36.8 Å². The van der Waals surface area contributed by atoms with Crippen LogP contribution in [0.4, 0.5) is 4.39 Å². The van der Waals surface area contributed by atoms with Gasteiger partial charge >= 0.3 is 0 Å². The predicted octanol–water partition coefficient (Wildman–Crippen LogP) is 5.46. The largest absolute Gasteiger partial charge is 0.493 e. The van der Waals surface area contributed by atoms with Gasteiger partial charge in [-0.25, -0.2) is 0 Å². The lowest BCUT2D eigenvalue weighted by molar-refractivity contribution is -0.129. The van der Waals surface area contributed by atoms with E-state index in [1.807, 2.05) is 0 Å². The fourth-order valence-electron chi connectivity index (χ4n) is 4.81. The van der Waals surface area contributed by atoms with Gasteiger partial charge in [-0.15, -0.1) is 0 Å². The molecule has 32 heavy (non-hydrogen) atoms. The molecule has 0 aliphatic carbocycles. The smallest absolute Gasteiger partial charge is 0.161 e. The van der Waals surface area contributed by atoms with Crippen LogP contribution in [0.1, 0.15) is 62.1 Å². The van der Waals surface area contributed by atoms with Crippen molar-refractivity contribution >= 4 is 44.5 Å². The van der Waals surface area contributed by atoms with Crippen LogP contribution in [0.2, 0.25) is 0 Å². The van der Waals surface area contributed by atoms with E-state index in [2.05, 4.69) is 17.0 Å². The average molecular weight is 506 g/mol. The number of halogens is 1. The molecule has 0 bridgehead atoms. The second-order valence-corrected chi connectivity index (χ2v) is 9.62. The van der Waals surface area contributed by atoms with Crippen molar-refractivity contribution in [1.82, 2.24) is 4.90 Å². The lowest BCUT2D eigenvalue weighted by Gasteiger charge is -2.43. The van der Waals surface area contributed by atoms with Crippen LogP contribution in [0.5, 0.6) is 11.5 Å². The number of nitrogens with zero attached hydrogens (tertiary/aromatic N) is 1. The Kier molecular flexibility index (Phi) is 14.1. The molecule has 4 nitrogen and oxygen atoms in total. The van der Waals surface area contributed by atoms with Gasteiger partial charge < -0.3 is 9.47 Å². The number of Topliss-reactive ketones (excluding diaryl/α,β-unsaturated/α-hetero) is 1. The Balaban J connectivity index is 0.00000256. The van der Waals surface area contributed by atoms with Crippen LogP contribution < -0.4 is 9.47 Å². The molecule has 1 fully saturated rings. The van der Waals surface area contributed by atoms with Crippen molar-refractivity contribution in [3.05, 3.63) is 23.3 Å². The predicted molar refractivity (Wildman–Crippen MR) is 142 cm³/mol. The first kappa shape index (κ1) is 29.5. The molecule has 0 saturated carbocycles. The number of rotatable bonds is 12. The highest BCUT2D eigenvalue weighted by Gasteiger charge is 2.38. The Hall–Kier alpha value is -0.570. The fraction of sp³-hybridized carbons (Fsp3) is 0.708. The zero-order valence-corrected chi connectivity index (χ0v) is 22.3. The van der Waals surface area contributed by atoms with Crippen molar-refractivity contribution in [3.63, 3.8) is 0 Å². The molecule has 1 aromatic carbocycles. The summed E-state index contributed by atoms with van der Waals surface area (Å²) in [6.07, 6.45) is 8.56. The number of hydrogen-bond acceptors (Lipinski definition) is 5. The van der Waals surface area contributed by atoms with Gasteiger partial charge in [0.1, 0.15) is 5.78 Å². The lowest BCUT2D eigenvalue weighted by Crippen LogP contribution is -2.46. The summed E-state index contributed by atoms with van der Waals surface area (Å²) in [6, 6.07) is 4.34. The summed E-state index contributed by atoms with van der Waals surface area (Å²) in [7, 11) is 3.33. The van der Waals surface area contributed by atoms with E-state index in [-0.39, 0.29) is 45.6 Å². The number of fused-ring (bicyclic) bond motifs is 3. The molecular weight excluding hydrogens is 465 g/mol. The first-order chi connectivity index (χ1) is 14.7. The molecule has 3 rings (SSSR count). The van der Waals surface area contributed by atoms with Crippen molar-refractivity contribution in [1.29, 1.82) is 0 Å². The number of carbonyl (C=O) groups is 1. The van der Waals surface area contributed by atoms with E-state index < -0.39 is 0 Å². The Morgan fingerprint density at radius 2 is 1.72 bits per heavy atom. The number of hydrogen-bond donors (Lipinski definition) is 0. The molecule has 0 amide bonds. The Morgan fingerprint density at radius 1 is 1.03 bits per heavy atom. The molecule has 2 aliphatic rings. The minimum atomic E-state index is -0.217. The molecule has 8 heteroatoms. The molecule has 184 valence electrons. The molecule has 1 saturated heterocycles. The molecular formula is C24H40FNO3S3. The monoisotopic (exact) mass is 505 g/mol. The number of thioether (sulfide) groups is 1. The Morgan fingerprint density at radius 3 is 2.44 bits per heavy atom. The van der Waals surface area contributed by atoms with Crippen molar-refractivity contribution < 1.29 is 18.7 Å². The Labute approximate surface area is 211 Å². The normalized spacial score (nSPS) is 19.9. The van der Waals surface area contributed by atoms with Crippen molar-refractivity contribution in [2.45, 2.75) is 57.4 Å². The van der Waals surface area contributed by atoms with Gasteiger partial charge in [0.15, 0.2) is 11.5 Å². The quantitative estimate of drug-likeness (QED) is 0.353. The third-order valence-corrected chi connectivity index (χ3v) is 7.50. The summed E-state index contributed by atoms with van der Waals surface area (Å²) in [5.74, 6) is 3.82. The maximum atomic E-state index is 12.9. The van der Waals surface area contributed by atoms with Crippen LogP contribution in [0.3, 0.4) is 0 Å². The molecule has 2 aliphatic heterocycles. The van der Waals surface area contributed by atoms with Crippen LogP contribution in [0.15, 0.2) is 12.1 Å². The number of ether oxygens (including phenoxy) is 2. The summed E-state index contributed by atoms with van der Waals surface area (Å²) >= 11 is 1.71. The maximum absolute atomic E-state index is 12.9. The van der Waals surface area contributed by atoms with E-state index in [0.29, 0.717) is 18.0 Å². The molecule has 0 radical (unpaired) electrons. The molecule has 0 aromatic heterocycles. The highest BCUT2D eigenvalue weighted by atomic mass is 32.2. The van der Waals surface area contributed by atoms with Crippen molar-refractivity contribution in [2.75, 3.05) is 45.5 Å². The van der Waals surface area contributed by atoms with Crippen molar-refractivity contribution in [3.8, 4) is 11.5 Å². The lowest BCUT2D eigenvalue weighted by atomic mass is 9.81. The molecule has 0 unspecified atom stereocenters. The van der Waals surface area contributed by atoms with Gasteiger partial charge in [0, 0.05) is 37.2 Å². The van der Waals surface area contributed by atoms with Crippen LogP contribution in [0, 0.1) is 5.92 Å². The summed E-state index contributed by atoms with van der Waals surface area (Å²) < 4.78 is 23.0. The first-order valence-electron chi connectivity index (χ1n) is 11.3. The van der Waals surface area contributed by atoms with Crippen LogP contribution in [-0.4, -0.2) is 56.2 Å². The fourth-order valence-corrected chi connectivity index (χ4v) is 5.54.